The van der Waals surface area contributed by atoms with Crippen LogP contribution in [0.3, 0.4) is 0 Å². The van der Waals surface area contributed by atoms with Crippen LogP contribution in [0.2, 0.25) is 0 Å². The predicted molar refractivity (Wildman–Crippen MR) is 88.4 cm³/mol. The average molecular weight is 277 g/mol. The number of aryl methyl sites for hydroxylation is 2. The molecular formula is C17H31N3. The van der Waals surface area contributed by atoms with Gasteiger partial charge in [0.1, 0.15) is 5.82 Å². The van der Waals surface area contributed by atoms with Crippen molar-refractivity contribution in [2.24, 2.45) is 11.8 Å². The average Bonchev–Trinajstić information content (AvgIpc) is 2.30. The van der Waals surface area contributed by atoms with Crippen molar-refractivity contribution in [3.05, 3.63) is 22.9 Å². The zero-order valence-electron chi connectivity index (χ0n) is 14.2. The van der Waals surface area contributed by atoms with Crippen LogP contribution in [0.1, 0.15) is 44.5 Å². The molecule has 0 aliphatic heterocycles. The molecule has 0 radical (unpaired) electrons. The summed E-state index contributed by atoms with van der Waals surface area (Å²) in [5.41, 5.74) is 3.77. The van der Waals surface area contributed by atoms with Crippen LogP contribution < -0.4 is 10.2 Å². The number of anilines is 1. The van der Waals surface area contributed by atoms with Crippen LogP contribution in [-0.4, -0.2) is 25.1 Å². The van der Waals surface area contributed by atoms with Gasteiger partial charge in [-0.2, -0.15) is 0 Å². The van der Waals surface area contributed by atoms with Gasteiger partial charge in [-0.3, -0.25) is 0 Å². The highest BCUT2D eigenvalue weighted by Crippen LogP contribution is 2.24. The SMILES string of the molecule is CNCc1c(C)cc(C)nc1N(CC(C)C)CC(C)C. The fourth-order valence-electron chi connectivity index (χ4n) is 2.63. The maximum absolute atomic E-state index is 4.84. The summed E-state index contributed by atoms with van der Waals surface area (Å²) in [5, 5.41) is 3.28. The van der Waals surface area contributed by atoms with E-state index >= 15 is 0 Å². The highest BCUT2D eigenvalue weighted by molar-refractivity contribution is 5.51. The number of hydrogen-bond donors (Lipinski definition) is 1. The van der Waals surface area contributed by atoms with E-state index in [1.807, 2.05) is 7.05 Å². The summed E-state index contributed by atoms with van der Waals surface area (Å²) in [6.07, 6.45) is 0. The maximum atomic E-state index is 4.84. The lowest BCUT2D eigenvalue weighted by atomic mass is 10.1. The molecule has 20 heavy (non-hydrogen) atoms. The fraction of sp³-hybridized carbons (Fsp3) is 0.706. The van der Waals surface area contributed by atoms with Crippen molar-refractivity contribution < 1.29 is 0 Å². The number of aromatic nitrogens is 1. The van der Waals surface area contributed by atoms with E-state index in [0.717, 1.165) is 25.3 Å². The van der Waals surface area contributed by atoms with Crippen LogP contribution in [0.5, 0.6) is 0 Å². The lowest BCUT2D eigenvalue weighted by Crippen LogP contribution is -2.33. The summed E-state index contributed by atoms with van der Waals surface area (Å²) in [5.74, 6) is 2.44. The third-order valence-electron chi connectivity index (χ3n) is 3.28. The minimum absolute atomic E-state index is 0.638. The van der Waals surface area contributed by atoms with Crippen molar-refractivity contribution in [1.82, 2.24) is 10.3 Å². The quantitative estimate of drug-likeness (QED) is 0.826. The highest BCUT2D eigenvalue weighted by Gasteiger charge is 2.17. The Bertz CT molecular complexity index is 414. The molecule has 1 N–H and O–H groups in total. The second kappa shape index (κ2) is 7.63. The third-order valence-corrected chi connectivity index (χ3v) is 3.28. The first-order valence-corrected chi connectivity index (χ1v) is 7.71. The van der Waals surface area contributed by atoms with Crippen molar-refractivity contribution in [2.45, 2.75) is 48.1 Å². The molecule has 0 amide bonds. The first-order valence-electron chi connectivity index (χ1n) is 7.71. The van der Waals surface area contributed by atoms with Gasteiger partial charge < -0.3 is 10.2 Å². The third kappa shape index (κ3) is 4.78. The Balaban J connectivity index is 3.21. The number of rotatable bonds is 7. The molecule has 0 atom stereocenters. The standard InChI is InChI=1S/C17H31N3/c1-12(2)10-20(11-13(3)4)17-16(9-18-7)14(5)8-15(6)19-17/h8,12-13,18H,9-11H2,1-7H3. The highest BCUT2D eigenvalue weighted by atomic mass is 15.2. The molecule has 0 aromatic carbocycles. The van der Waals surface area contributed by atoms with E-state index in [-0.39, 0.29) is 0 Å². The lowest BCUT2D eigenvalue weighted by molar-refractivity contribution is 0.546. The van der Waals surface area contributed by atoms with Gasteiger partial charge >= 0.3 is 0 Å². The zero-order chi connectivity index (χ0) is 15.3. The smallest absolute Gasteiger partial charge is 0.133 e. The second-order valence-corrected chi connectivity index (χ2v) is 6.61. The van der Waals surface area contributed by atoms with Crippen molar-refractivity contribution in [3.63, 3.8) is 0 Å². The molecule has 1 aromatic heterocycles. The van der Waals surface area contributed by atoms with Crippen LogP contribution in [0.25, 0.3) is 0 Å². The van der Waals surface area contributed by atoms with E-state index < -0.39 is 0 Å². The number of pyridine rings is 1. The molecule has 114 valence electrons. The molecule has 0 unspecified atom stereocenters. The maximum Gasteiger partial charge on any atom is 0.133 e. The number of nitrogens with one attached hydrogen (secondary N) is 1. The summed E-state index contributed by atoms with van der Waals surface area (Å²) in [6, 6.07) is 2.18. The monoisotopic (exact) mass is 277 g/mol. The Hall–Kier alpha value is -1.09. The molecule has 0 bridgehead atoms. The molecule has 3 nitrogen and oxygen atoms in total. The molecule has 0 spiro atoms. The predicted octanol–water partition coefficient (Wildman–Crippen LogP) is 3.54. The molecule has 0 saturated heterocycles. The minimum atomic E-state index is 0.638. The van der Waals surface area contributed by atoms with Gasteiger partial charge in [0, 0.05) is 30.9 Å². The largest absolute Gasteiger partial charge is 0.356 e. The van der Waals surface area contributed by atoms with Crippen molar-refractivity contribution in [3.8, 4) is 0 Å². The topological polar surface area (TPSA) is 28.2 Å². The molecule has 0 saturated carbocycles. The summed E-state index contributed by atoms with van der Waals surface area (Å²) in [6.45, 7) is 16.4. The van der Waals surface area contributed by atoms with Crippen LogP contribution in [0, 0.1) is 25.7 Å². The van der Waals surface area contributed by atoms with Gasteiger partial charge in [-0.05, 0) is 44.4 Å². The van der Waals surface area contributed by atoms with E-state index in [2.05, 4.69) is 57.8 Å². The zero-order valence-corrected chi connectivity index (χ0v) is 14.2. The Kier molecular flexibility index (Phi) is 6.47. The van der Waals surface area contributed by atoms with E-state index in [9.17, 15) is 0 Å². The lowest BCUT2D eigenvalue weighted by Gasteiger charge is -2.30. The van der Waals surface area contributed by atoms with Crippen LogP contribution in [-0.2, 0) is 6.54 Å². The van der Waals surface area contributed by atoms with Crippen LogP contribution >= 0.6 is 0 Å². The summed E-state index contributed by atoms with van der Waals surface area (Å²) >= 11 is 0. The summed E-state index contributed by atoms with van der Waals surface area (Å²) < 4.78 is 0. The Labute approximate surface area is 124 Å². The van der Waals surface area contributed by atoms with E-state index in [4.69, 9.17) is 4.98 Å². The van der Waals surface area contributed by atoms with Gasteiger partial charge in [-0.25, -0.2) is 4.98 Å². The Morgan fingerprint density at radius 2 is 1.65 bits per heavy atom. The molecule has 1 aromatic rings. The van der Waals surface area contributed by atoms with Gasteiger partial charge in [0.25, 0.3) is 0 Å². The Morgan fingerprint density at radius 1 is 1.10 bits per heavy atom. The molecule has 0 aliphatic carbocycles. The first-order chi connectivity index (χ1) is 9.35. The van der Waals surface area contributed by atoms with E-state index in [1.165, 1.54) is 16.9 Å². The second-order valence-electron chi connectivity index (χ2n) is 6.61. The normalized spacial score (nSPS) is 11.4. The van der Waals surface area contributed by atoms with E-state index in [0.29, 0.717) is 11.8 Å². The number of nitrogens with zero attached hydrogens (tertiary/aromatic N) is 2. The minimum Gasteiger partial charge on any atom is -0.356 e. The number of hydrogen-bond acceptors (Lipinski definition) is 3. The van der Waals surface area contributed by atoms with Crippen LogP contribution in [0.15, 0.2) is 6.07 Å². The molecule has 0 fully saturated rings. The van der Waals surface area contributed by atoms with Gasteiger partial charge in [-0.15, -0.1) is 0 Å². The first kappa shape index (κ1) is 17.0. The van der Waals surface area contributed by atoms with Crippen LogP contribution in [0.4, 0.5) is 5.82 Å². The van der Waals surface area contributed by atoms with Crippen molar-refractivity contribution >= 4 is 5.82 Å². The van der Waals surface area contributed by atoms with Gasteiger partial charge in [0.15, 0.2) is 0 Å². The van der Waals surface area contributed by atoms with Gasteiger partial charge in [-0.1, -0.05) is 27.7 Å². The Morgan fingerprint density at radius 3 is 2.10 bits per heavy atom. The molecule has 0 aliphatic rings. The van der Waals surface area contributed by atoms with Gasteiger partial charge in [0.05, 0.1) is 0 Å². The van der Waals surface area contributed by atoms with Crippen molar-refractivity contribution in [1.29, 1.82) is 0 Å². The van der Waals surface area contributed by atoms with Crippen molar-refractivity contribution in [2.75, 3.05) is 25.0 Å². The van der Waals surface area contributed by atoms with E-state index in [1.54, 1.807) is 0 Å². The van der Waals surface area contributed by atoms with Gasteiger partial charge in [0.2, 0.25) is 0 Å². The molecule has 1 heterocycles. The molecular weight excluding hydrogens is 246 g/mol. The molecule has 3 heteroatoms. The fourth-order valence-corrected chi connectivity index (χ4v) is 2.63. The summed E-state index contributed by atoms with van der Waals surface area (Å²) in [7, 11) is 2.00. The molecule has 1 rings (SSSR count). The summed E-state index contributed by atoms with van der Waals surface area (Å²) in [4.78, 5) is 7.31.